The first-order valence-corrected chi connectivity index (χ1v) is 8.37. The van der Waals surface area contributed by atoms with Crippen LogP contribution in [0.4, 0.5) is 0 Å². The van der Waals surface area contributed by atoms with Gasteiger partial charge in [-0.3, -0.25) is 0 Å². The quantitative estimate of drug-likeness (QED) is 0.718. The summed E-state index contributed by atoms with van der Waals surface area (Å²) >= 11 is 0. The smallest absolute Gasteiger partial charge is 0.0102 e. The Balaban J connectivity index is 2.33. The van der Waals surface area contributed by atoms with Crippen molar-refractivity contribution in [3.8, 4) is 0 Å². The molecule has 1 rings (SSSR count). The molecular formula is C17H36N2. The molecule has 0 aromatic carbocycles. The fourth-order valence-corrected chi connectivity index (χ4v) is 3.34. The summed E-state index contributed by atoms with van der Waals surface area (Å²) in [6.07, 6.45) is 8.50. The van der Waals surface area contributed by atoms with Crippen molar-refractivity contribution in [1.29, 1.82) is 0 Å². The summed E-state index contributed by atoms with van der Waals surface area (Å²) < 4.78 is 0. The summed E-state index contributed by atoms with van der Waals surface area (Å²) in [6.45, 7) is 13.0. The Morgan fingerprint density at radius 1 is 1.21 bits per heavy atom. The van der Waals surface area contributed by atoms with E-state index in [1.54, 1.807) is 0 Å². The van der Waals surface area contributed by atoms with Crippen LogP contribution in [0.25, 0.3) is 0 Å². The maximum Gasteiger partial charge on any atom is 0.0102 e. The number of hydrogen-bond donors (Lipinski definition) is 1. The largest absolute Gasteiger partial charge is 0.314 e. The highest BCUT2D eigenvalue weighted by Gasteiger charge is 2.27. The first-order chi connectivity index (χ1) is 8.95. The molecule has 0 saturated heterocycles. The Labute approximate surface area is 121 Å². The molecule has 1 aliphatic rings. The molecule has 1 unspecified atom stereocenters. The van der Waals surface area contributed by atoms with Crippen molar-refractivity contribution in [2.45, 2.75) is 72.3 Å². The van der Waals surface area contributed by atoms with Crippen molar-refractivity contribution >= 4 is 0 Å². The highest BCUT2D eigenvalue weighted by Crippen LogP contribution is 2.26. The van der Waals surface area contributed by atoms with Crippen molar-refractivity contribution in [3.63, 3.8) is 0 Å². The zero-order chi connectivity index (χ0) is 14.3. The molecule has 114 valence electrons. The molecule has 1 fully saturated rings. The SMILES string of the molecule is CCCNC(C)C(C)(C)CN(C)CC1CCCCC1. The van der Waals surface area contributed by atoms with Gasteiger partial charge in [0, 0.05) is 19.1 Å². The second-order valence-corrected chi connectivity index (χ2v) is 7.37. The van der Waals surface area contributed by atoms with Crippen molar-refractivity contribution in [2.75, 3.05) is 26.7 Å². The third-order valence-electron chi connectivity index (χ3n) is 4.84. The van der Waals surface area contributed by atoms with E-state index in [1.807, 2.05) is 0 Å². The highest BCUT2D eigenvalue weighted by atomic mass is 15.1. The minimum absolute atomic E-state index is 0.346. The van der Waals surface area contributed by atoms with Crippen molar-refractivity contribution in [1.82, 2.24) is 10.2 Å². The summed E-state index contributed by atoms with van der Waals surface area (Å²) in [6, 6.07) is 0.584. The lowest BCUT2D eigenvalue weighted by Crippen LogP contribution is -2.47. The van der Waals surface area contributed by atoms with Gasteiger partial charge in [0.25, 0.3) is 0 Å². The maximum atomic E-state index is 3.65. The second-order valence-electron chi connectivity index (χ2n) is 7.37. The van der Waals surface area contributed by atoms with Crippen molar-refractivity contribution < 1.29 is 0 Å². The van der Waals surface area contributed by atoms with E-state index in [2.05, 4.69) is 45.0 Å². The molecule has 19 heavy (non-hydrogen) atoms. The molecule has 1 N–H and O–H groups in total. The van der Waals surface area contributed by atoms with Crippen LogP contribution in [0.1, 0.15) is 66.2 Å². The molecular weight excluding hydrogens is 232 g/mol. The predicted octanol–water partition coefficient (Wildman–Crippen LogP) is 3.91. The molecule has 0 amide bonds. The number of hydrogen-bond acceptors (Lipinski definition) is 2. The van der Waals surface area contributed by atoms with Gasteiger partial charge in [0.05, 0.1) is 0 Å². The van der Waals surface area contributed by atoms with E-state index in [-0.39, 0.29) is 0 Å². The van der Waals surface area contributed by atoms with Gasteiger partial charge in [0.1, 0.15) is 0 Å². The monoisotopic (exact) mass is 268 g/mol. The molecule has 1 aliphatic carbocycles. The van der Waals surface area contributed by atoms with Crippen LogP contribution >= 0.6 is 0 Å². The summed E-state index contributed by atoms with van der Waals surface area (Å²) in [7, 11) is 2.31. The fourth-order valence-electron chi connectivity index (χ4n) is 3.34. The Bertz CT molecular complexity index is 231. The Morgan fingerprint density at radius 3 is 2.42 bits per heavy atom. The number of nitrogens with zero attached hydrogens (tertiary/aromatic N) is 1. The third kappa shape index (κ3) is 6.27. The van der Waals surface area contributed by atoms with Crippen LogP contribution in [-0.2, 0) is 0 Å². The lowest BCUT2D eigenvalue weighted by molar-refractivity contribution is 0.140. The van der Waals surface area contributed by atoms with Gasteiger partial charge in [-0.05, 0) is 51.1 Å². The molecule has 0 aliphatic heterocycles. The molecule has 0 radical (unpaired) electrons. The molecule has 0 aromatic rings. The molecule has 0 heterocycles. The summed E-state index contributed by atoms with van der Waals surface area (Å²) in [5.41, 5.74) is 0.346. The molecule has 0 aromatic heterocycles. The van der Waals surface area contributed by atoms with Gasteiger partial charge in [-0.1, -0.05) is 40.0 Å². The lowest BCUT2D eigenvalue weighted by Gasteiger charge is -2.37. The van der Waals surface area contributed by atoms with Gasteiger partial charge >= 0.3 is 0 Å². The first-order valence-electron chi connectivity index (χ1n) is 8.37. The van der Waals surface area contributed by atoms with E-state index in [0.29, 0.717) is 11.5 Å². The molecule has 2 heteroatoms. The topological polar surface area (TPSA) is 15.3 Å². The average Bonchev–Trinajstić information content (AvgIpc) is 2.36. The minimum Gasteiger partial charge on any atom is -0.314 e. The van der Waals surface area contributed by atoms with Crippen LogP contribution < -0.4 is 5.32 Å². The van der Waals surface area contributed by atoms with Crippen LogP contribution in [0.2, 0.25) is 0 Å². The van der Waals surface area contributed by atoms with E-state index in [1.165, 1.54) is 51.6 Å². The normalized spacial score (nSPS) is 19.9. The van der Waals surface area contributed by atoms with E-state index >= 15 is 0 Å². The van der Waals surface area contributed by atoms with E-state index in [4.69, 9.17) is 0 Å². The minimum atomic E-state index is 0.346. The Hall–Kier alpha value is -0.0800. The van der Waals surface area contributed by atoms with Crippen molar-refractivity contribution in [3.05, 3.63) is 0 Å². The summed E-state index contributed by atoms with van der Waals surface area (Å²) in [5, 5.41) is 3.65. The van der Waals surface area contributed by atoms with Gasteiger partial charge in [-0.2, -0.15) is 0 Å². The fraction of sp³-hybridized carbons (Fsp3) is 1.00. The number of rotatable bonds is 8. The summed E-state index contributed by atoms with van der Waals surface area (Å²) in [4.78, 5) is 2.57. The molecule has 0 bridgehead atoms. The predicted molar refractivity (Wildman–Crippen MR) is 85.6 cm³/mol. The van der Waals surface area contributed by atoms with Gasteiger partial charge < -0.3 is 10.2 Å². The van der Waals surface area contributed by atoms with Gasteiger partial charge in [-0.15, -0.1) is 0 Å². The maximum absolute atomic E-state index is 3.65. The molecule has 1 atom stereocenters. The zero-order valence-corrected chi connectivity index (χ0v) is 14.0. The van der Waals surface area contributed by atoms with E-state index in [9.17, 15) is 0 Å². The standard InChI is InChI=1S/C17H36N2/c1-6-12-18-15(2)17(3,4)14-19(5)13-16-10-8-7-9-11-16/h15-16,18H,6-14H2,1-5H3. The van der Waals surface area contributed by atoms with Crippen molar-refractivity contribution in [2.24, 2.45) is 11.3 Å². The third-order valence-corrected chi connectivity index (χ3v) is 4.84. The Kier molecular flexibility index (Phi) is 7.38. The molecule has 1 saturated carbocycles. The van der Waals surface area contributed by atoms with E-state index in [0.717, 1.165) is 12.5 Å². The number of nitrogens with one attached hydrogen (secondary N) is 1. The van der Waals surface area contributed by atoms with Gasteiger partial charge in [0.2, 0.25) is 0 Å². The van der Waals surface area contributed by atoms with Crippen LogP contribution in [0, 0.1) is 11.3 Å². The molecule has 2 nitrogen and oxygen atoms in total. The van der Waals surface area contributed by atoms with Gasteiger partial charge in [0.15, 0.2) is 0 Å². The molecule has 0 spiro atoms. The Morgan fingerprint density at radius 2 is 1.84 bits per heavy atom. The summed E-state index contributed by atoms with van der Waals surface area (Å²) in [5.74, 6) is 0.952. The first kappa shape index (κ1) is 17.0. The van der Waals surface area contributed by atoms with Crippen LogP contribution in [0.3, 0.4) is 0 Å². The lowest BCUT2D eigenvalue weighted by atomic mass is 9.83. The van der Waals surface area contributed by atoms with Crippen LogP contribution in [0.15, 0.2) is 0 Å². The van der Waals surface area contributed by atoms with Crippen LogP contribution in [-0.4, -0.2) is 37.6 Å². The average molecular weight is 268 g/mol. The van der Waals surface area contributed by atoms with Crippen LogP contribution in [0.5, 0.6) is 0 Å². The van der Waals surface area contributed by atoms with E-state index < -0.39 is 0 Å². The van der Waals surface area contributed by atoms with Gasteiger partial charge in [-0.25, -0.2) is 0 Å². The second kappa shape index (κ2) is 8.26. The zero-order valence-electron chi connectivity index (χ0n) is 14.0. The highest BCUT2D eigenvalue weighted by molar-refractivity contribution is 4.84.